The molecule has 0 bridgehead atoms. The lowest BCUT2D eigenvalue weighted by molar-refractivity contribution is -0.137. The highest BCUT2D eigenvalue weighted by Gasteiger charge is 2.57. The molecule has 0 radical (unpaired) electrons. The predicted octanol–water partition coefficient (Wildman–Crippen LogP) is 3.14. The lowest BCUT2D eigenvalue weighted by Gasteiger charge is -2.18. The SMILES string of the molecule is Cc1nn(C2C[C@]2(C)C(N)=O)cc1Nc1ncc(C(F)(F)F)c(NC2(C)CC2)n1. The fraction of sp³-hybridized carbons (Fsp3) is 0.556. The molecule has 8 nitrogen and oxygen atoms in total. The van der Waals surface area contributed by atoms with Crippen LogP contribution in [0, 0.1) is 12.3 Å². The molecule has 4 rings (SSSR count). The fourth-order valence-electron chi connectivity index (χ4n) is 3.22. The summed E-state index contributed by atoms with van der Waals surface area (Å²) in [6, 6.07) is -0.144. The van der Waals surface area contributed by atoms with Crippen molar-refractivity contribution in [2.75, 3.05) is 10.6 Å². The molecule has 0 aliphatic heterocycles. The molecular weight excluding hydrogens is 387 g/mol. The van der Waals surface area contributed by atoms with Crippen molar-refractivity contribution in [3.05, 3.63) is 23.7 Å². The molecule has 156 valence electrons. The average Bonchev–Trinajstić information content (AvgIpc) is 3.47. The van der Waals surface area contributed by atoms with E-state index >= 15 is 0 Å². The monoisotopic (exact) mass is 409 g/mol. The van der Waals surface area contributed by atoms with Crippen LogP contribution < -0.4 is 16.4 Å². The third-order valence-corrected chi connectivity index (χ3v) is 5.75. The second-order valence-electron chi connectivity index (χ2n) is 8.37. The van der Waals surface area contributed by atoms with Gasteiger partial charge in [-0.15, -0.1) is 0 Å². The number of hydrogen-bond donors (Lipinski definition) is 3. The summed E-state index contributed by atoms with van der Waals surface area (Å²) in [6.45, 7) is 5.37. The Balaban J connectivity index is 1.58. The molecule has 2 atom stereocenters. The summed E-state index contributed by atoms with van der Waals surface area (Å²) >= 11 is 0. The number of rotatable bonds is 6. The zero-order chi connectivity index (χ0) is 21.2. The number of anilines is 3. The third-order valence-electron chi connectivity index (χ3n) is 5.75. The maximum absolute atomic E-state index is 13.3. The Bertz CT molecular complexity index is 982. The van der Waals surface area contributed by atoms with Gasteiger partial charge in [-0.05, 0) is 40.0 Å². The van der Waals surface area contributed by atoms with Crippen molar-refractivity contribution in [3.8, 4) is 0 Å². The minimum atomic E-state index is -4.56. The van der Waals surface area contributed by atoms with Gasteiger partial charge in [-0.3, -0.25) is 9.48 Å². The standard InChI is InChI=1S/C18H22F3N7O/c1-9-11(8-28(27-9)12-6-17(12,3)14(22)29)24-15-23-7-10(18(19,20)21)13(25-15)26-16(2)4-5-16/h7-8,12H,4-6H2,1-3H3,(H2,22,29)(H2,23,24,25,26)/t12?,17-/m0/s1. The van der Waals surface area contributed by atoms with E-state index in [0.29, 0.717) is 17.8 Å². The Morgan fingerprint density at radius 1 is 1.34 bits per heavy atom. The zero-order valence-electron chi connectivity index (χ0n) is 16.3. The van der Waals surface area contributed by atoms with Crippen molar-refractivity contribution < 1.29 is 18.0 Å². The molecule has 2 aliphatic carbocycles. The van der Waals surface area contributed by atoms with Crippen LogP contribution in [-0.4, -0.2) is 31.2 Å². The molecule has 11 heteroatoms. The Labute approximate surface area is 165 Å². The van der Waals surface area contributed by atoms with E-state index in [4.69, 9.17) is 5.73 Å². The van der Waals surface area contributed by atoms with E-state index in [1.807, 2.05) is 6.92 Å². The number of hydrogen-bond acceptors (Lipinski definition) is 6. The number of carbonyl (C=O) groups is 1. The van der Waals surface area contributed by atoms with Crippen molar-refractivity contribution >= 4 is 23.4 Å². The highest BCUT2D eigenvalue weighted by molar-refractivity contribution is 5.84. The first kappa shape index (κ1) is 19.5. The van der Waals surface area contributed by atoms with Crippen LogP contribution >= 0.6 is 0 Å². The van der Waals surface area contributed by atoms with Crippen molar-refractivity contribution in [1.82, 2.24) is 19.7 Å². The van der Waals surface area contributed by atoms with Crippen molar-refractivity contribution in [2.24, 2.45) is 11.1 Å². The van der Waals surface area contributed by atoms with E-state index in [2.05, 4.69) is 25.7 Å². The van der Waals surface area contributed by atoms with E-state index in [9.17, 15) is 18.0 Å². The quantitative estimate of drug-likeness (QED) is 0.676. The second-order valence-corrected chi connectivity index (χ2v) is 8.37. The van der Waals surface area contributed by atoms with Crippen LogP contribution in [-0.2, 0) is 11.0 Å². The minimum Gasteiger partial charge on any atom is -0.369 e. The number of nitrogens with two attached hydrogens (primary N) is 1. The molecule has 0 saturated heterocycles. The van der Waals surface area contributed by atoms with Crippen LogP contribution in [0.5, 0.6) is 0 Å². The second kappa shape index (κ2) is 6.07. The number of amides is 1. The summed E-state index contributed by atoms with van der Waals surface area (Å²) in [5, 5.41) is 10.2. The highest BCUT2D eigenvalue weighted by Crippen LogP contribution is 2.55. The topological polar surface area (TPSA) is 111 Å². The molecular formula is C18H22F3N7O. The Morgan fingerprint density at radius 3 is 2.59 bits per heavy atom. The molecule has 2 aliphatic rings. The molecule has 1 amide bonds. The van der Waals surface area contributed by atoms with Crippen molar-refractivity contribution in [3.63, 3.8) is 0 Å². The maximum Gasteiger partial charge on any atom is 0.421 e. The smallest absolute Gasteiger partial charge is 0.369 e. The van der Waals surface area contributed by atoms with Gasteiger partial charge < -0.3 is 16.4 Å². The number of nitrogens with zero attached hydrogens (tertiary/aromatic N) is 4. The number of nitrogens with one attached hydrogen (secondary N) is 2. The Morgan fingerprint density at radius 2 is 2.03 bits per heavy atom. The van der Waals surface area contributed by atoms with Crippen LogP contribution in [0.4, 0.5) is 30.6 Å². The van der Waals surface area contributed by atoms with E-state index in [-0.39, 0.29) is 29.3 Å². The number of carbonyl (C=O) groups excluding carboxylic acids is 1. The maximum atomic E-state index is 13.3. The number of alkyl halides is 3. The van der Waals surface area contributed by atoms with Crippen molar-refractivity contribution in [1.29, 1.82) is 0 Å². The molecule has 2 fully saturated rings. The molecule has 29 heavy (non-hydrogen) atoms. The molecule has 0 aromatic carbocycles. The van der Waals surface area contributed by atoms with E-state index in [1.165, 1.54) is 0 Å². The summed E-state index contributed by atoms with van der Waals surface area (Å²) < 4.78 is 41.6. The van der Waals surface area contributed by atoms with Crippen LogP contribution in [0.15, 0.2) is 12.4 Å². The van der Waals surface area contributed by atoms with Crippen molar-refractivity contribution in [2.45, 2.75) is 57.8 Å². The zero-order valence-corrected chi connectivity index (χ0v) is 16.3. The fourth-order valence-corrected chi connectivity index (χ4v) is 3.22. The van der Waals surface area contributed by atoms with Gasteiger partial charge in [0.2, 0.25) is 11.9 Å². The third kappa shape index (κ3) is 3.60. The van der Waals surface area contributed by atoms with Gasteiger partial charge in [0.15, 0.2) is 0 Å². The van der Waals surface area contributed by atoms with E-state index < -0.39 is 17.2 Å². The molecule has 2 aromatic heterocycles. The summed E-state index contributed by atoms with van der Waals surface area (Å²) in [7, 11) is 0. The van der Waals surface area contributed by atoms with Gasteiger partial charge >= 0.3 is 6.18 Å². The number of halogens is 3. The highest BCUT2D eigenvalue weighted by atomic mass is 19.4. The van der Waals surface area contributed by atoms with Gasteiger partial charge in [0.1, 0.15) is 11.4 Å². The Kier molecular flexibility index (Phi) is 4.08. The first-order valence-electron chi connectivity index (χ1n) is 9.26. The summed E-state index contributed by atoms with van der Waals surface area (Å²) in [5.74, 6) is -0.607. The summed E-state index contributed by atoms with van der Waals surface area (Å²) in [5.41, 5.74) is 4.67. The molecule has 1 unspecified atom stereocenters. The Hall–Kier alpha value is -2.85. The first-order valence-corrected chi connectivity index (χ1v) is 9.26. The van der Waals surface area contributed by atoms with Crippen LogP contribution in [0.3, 0.4) is 0 Å². The van der Waals surface area contributed by atoms with Gasteiger partial charge in [-0.2, -0.15) is 23.3 Å². The molecule has 2 heterocycles. The molecule has 4 N–H and O–H groups in total. The van der Waals surface area contributed by atoms with Crippen LogP contribution in [0.25, 0.3) is 0 Å². The minimum absolute atomic E-state index is 0.0286. The first-order chi connectivity index (χ1) is 13.4. The lowest BCUT2D eigenvalue weighted by atomic mass is 10.1. The lowest BCUT2D eigenvalue weighted by Crippen LogP contribution is -2.24. The predicted molar refractivity (Wildman–Crippen MR) is 99.5 cm³/mol. The normalized spacial score (nSPS) is 24.8. The van der Waals surface area contributed by atoms with Gasteiger partial charge in [0.25, 0.3) is 0 Å². The van der Waals surface area contributed by atoms with Gasteiger partial charge in [0, 0.05) is 17.9 Å². The number of aryl methyl sites for hydroxylation is 1. The van der Waals surface area contributed by atoms with E-state index in [1.54, 1.807) is 24.7 Å². The summed E-state index contributed by atoms with van der Waals surface area (Å²) in [4.78, 5) is 19.5. The average molecular weight is 409 g/mol. The number of aromatic nitrogens is 4. The summed E-state index contributed by atoms with van der Waals surface area (Å²) in [6.07, 6.45) is 0.0507. The van der Waals surface area contributed by atoms with Crippen LogP contribution in [0.2, 0.25) is 0 Å². The molecule has 2 saturated carbocycles. The van der Waals surface area contributed by atoms with Crippen LogP contribution in [0.1, 0.15) is 50.4 Å². The molecule has 0 spiro atoms. The van der Waals surface area contributed by atoms with Gasteiger partial charge in [0.05, 0.1) is 22.8 Å². The molecule has 2 aromatic rings. The number of primary amides is 1. The van der Waals surface area contributed by atoms with Gasteiger partial charge in [-0.25, -0.2) is 4.98 Å². The van der Waals surface area contributed by atoms with E-state index in [0.717, 1.165) is 19.0 Å². The largest absolute Gasteiger partial charge is 0.421 e. The van der Waals surface area contributed by atoms with Gasteiger partial charge in [-0.1, -0.05) is 0 Å².